The van der Waals surface area contributed by atoms with E-state index in [-0.39, 0.29) is 24.4 Å². The van der Waals surface area contributed by atoms with E-state index < -0.39 is 0 Å². The number of rotatable bonds is 9. The van der Waals surface area contributed by atoms with Crippen LogP contribution in [-0.4, -0.2) is 18.5 Å². The molecule has 0 saturated carbocycles. The van der Waals surface area contributed by atoms with Gasteiger partial charge in [-0.1, -0.05) is 33.1 Å². The van der Waals surface area contributed by atoms with E-state index in [2.05, 4.69) is 19.2 Å². The molecule has 0 fully saturated rings. The Balaban J connectivity index is 0. The third kappa shape index (κ3) is 12.0. The minimum atomic E-state index is 0. The first-order chi connectivity index (χ1) is 7.60. The van der Waals surface area contributed by atoms with Crippen molar-refractivity contribution in [2.75, 3.05) is 6.54 Å². The van der Waals surface area contributed by atoms with E-state index >= 15 is 0 Å². The summed E-state index contributed by atoms with van der Waals surface area (Å²) in [5.41, 5.74) is 5.62. The quantitative estimate of drug-likeness (QED) is 0.673. The maximum Gasteiger partial charge on any atom is 0.220 e. The molecule has 0 aromatic carbocycles. The van der Waals surface area contributed by atoms with Gasteiger partial charge in [-0.15, -0.1) is 12.4 Å². The van der Waals surface area contributed by atoms with Crippen molar-refractivity contribution in [3.05, 3.63) is 0 Å². The van der Waals surface area contributed by atoms with Crippen molar-refractivity contribution in [1.82, 2.24) is 5.32 Å². The van der Waals surface area contributed by atoms with Gasteiger partial charge in [-0.05, 0) is 25.7 Å². The van der Waals surface area contributed by atoms with Crippen molar-refractivity contribution < 1.29 is 4.79 Å². The van der Waals surface area contributed by atoms with Gasteiger partial charge in [0.15, 0.2) is 0 Å². The first-order valence-electron chi connectivity index (χ1n) is 6.62. The lowest BCUT2D eigenvalue weighted by atomic mass is 9.95. The number of hydrogen-bond acceptors (Lipinski definition) is 2. The van der Waals surface area contributed by atoms with Crippen molar-refractivity contribution in [2.24, 2.45) is 11.7 Å². The molecule has 3 nitrogen and oxygen atoms in total. The van der Waals surface area contributed by atoms with Crippen LogP contribution < -0.4 is 11.1 Å². The molecule has 1 amide bonds. The van der Waals surface area contributed by atoms with Crippen LogP contribution >= 0.6 is 12.4 Å². The fraction of sp³-hybridized carbons (Fsp3) is 0.923. The second-order valence-corrected chi connectivity index (χ2v) is 4.74. The van der Waals surface area contributed by atoms with E-state index in [1.165, 1.54) is 19.3 Å². The maximum atomic E-state index is 11.6. The van der Waals surface area contributed by atoms with Crippen LogP contribution in [0.5, 0.6) is 0 Å². The number of nitrogens with one attached hydrogen (secondary N) is 1. The van der Waals surface area contributed by atoms with Gasteiger partial charge in [0.2, 0.25) is 5.91 Å². The molecule has 0 bridgehead atoms. The van der Waals surface area contributed by atoms with E-state index in [0.29, 0.717) is 18.9 Å². The van der Waals surface area contributed by atoms with Crippen LogP contribution in [0.4, 0.5) is 0 Å². The first kappa shape index (κ1) is 19.1. The zero-order valence-corrected chi connectivity index (χ0v) is 12.3. The van der Waals surface area contributed by atoms with E-state index in [1.807, 2.05) is 6.92 Å². The molecule has 2 unspecified atom stereocenters. The summed E-state index contributed by atoms with van der Waals surface area (Å²) in [6.45, 7) is 7.02. The molecule has 4 heteroatoms. The van der Waals surface area contributed by atoms with Gasteiger partial charge in [0.25, 0.3) is 0 Å². The molecule has 0 rings (SSSR count). The average molecular weight is 265 g/mol. The number of carbonyl (C=O) groups excluding carboxylic acids is 1. The number of carbonyl (C=O) groups is 1. The van der Waals surface area contributed by atoms with Crippen LogP contribution in [0.1, 0.15) is 59.3 Å². The zero-order chi connectivity index (χ0) is 12.4. The number of hydrogen-bond donors (Lipinski definition) is 2. The fourth-order valence-electron chi connectivity index (χ4n) is 1.72. The van der Waals surface area contributed by atoms with Gasteiger partial charge in [-0.3, -0.25) is 4.79 Å². The van der Waals surface area contributed by atoms with Crippen molar-refractivity contribution in [3.8, 4) is 0 Å². The van der Waals surface area contributed by atoms with Gasteiger partial charge in [0.05, 0.1) is 0 Å². The lowest BCUT2D eigenvalue weighted by Gasteiger charge is -2.14. The Morgan fingerprint density at radius 3 is 2.41 bits per heavy atom. The third-order valence-corrected chi connectivity index (χ3v) is 2.94. The van der Waals surface area contributed by atoms with Gasteiger partial charge in [-0.25, -0.2) is 0 Å². The Labute approximate surface area is 112 Å². The van der Waals surface area contributed by atoms with Crippen molar-refractivity contribution in [2.45, 2.75) is 65.3 Å². The first-order valence-corrected chi connectivity index (χ1v) is 6.62. The number of unbranched alkanes of at least 4 members (excludes halogenated alkanes) is 1. The highest BCUT2D eigenvalue weighted by Gasteiger charge is 2.11. The lowest BCUT2D eigenvalue weighted by molar-refractivity contribution is -0.122. The molecule has 3 N–H and O–H groups in total. The molecule has 0 radical (unpaired) electrons. The number of amides is 1. The van der Waals surface area contributed by atoms with Crippen LogP contribution in [0, 0.1) is 5.92 Å². The van der Waals surface area contributed by atoms with Crippen LogP contribution in [0.25, 0.3) is 0 Å². The Morgan fingerprint density at radius 2 is 1.94 bits per heavy atom. The van der Waals surface area contributed by atoms with E-state index in [0.717, 1.165) is 12.8 Å². The molecule has 0 heterocycles. The van der Waals surface area contributed by atoms with Gasteiger partial charge < -0.3 is 11.1 Å². The molecule has 0 aliphatic heterocycles. The molecular weight excluding hydrogens is 236 g/mol. The normalized spacial score (nSPS) is 13.6. The highest BCUT2D eigenvalue weighted by Crippen LogP contribution is 2.16. The summed E-state index contributed by atoms with van der Waals surface area (Å²) >= 11 is 0. The maximum absolute atomic E-state index is 11.6. The standard InChI is InChI=1S/C13H28N2O.ClH/c1-4-6-7-12(5-2)10-13(16)15-9-8-11(3)14;/h11-12H,4-10,14H2,1-3H3,(H,15,16);1H. The van der Waals surface area contributed by atoms with Gasteiger partial charge in [0.1, 0.15) is 0 Å². The summed E-state index contributed by atoms with van der Waals surface area (Å²) in [6.07, 6.45) is 6.25. The Morgan fingerprint density at radius 1 is 1.29 bits per heavy atom. The SMILES string of the molecule is CCCCC(CC)CC(=O)NCCC(C)N.Cl. The molecule has 0 saturated heterocycles. The molecule has 17 heavy (non-hydrogen) atoms. The van der Waals surface area contributed by atoms with Crippen LogP contribution in [0.3, 0.4) is 0 Å². The molecule has 0 aliphatic carbocycles. The topological polar surface area (TPSA) is 55.1 Å². The second kappa shape index (κ2) is 12.2. The van der Waals surface area contributed by atoms with Crippen LogP contribution in [0.15, 0.2) is 0 Å². The number of nitrogens with two attached hydrogens (primary N) is 1. The second-order valence-electron chi connectivity index (χ2n) is 4.74. The molecule has 0 aromatic rings. The lowest BCUT2D eigenvalue weighted by Crippen LogP contribution is -2.30. The third-order valence-electron chi connectivity index (χ3n) is 2.94. The zero-order valence-electron chi connectivity index (χ0n) is 11.5. The predicted molar refractivity (Wildman–Crippen MR) is 76.4 cm³/mol. The van der Waals surface area contributed by atoms with Crippen LogP contribution in [-0.2, 0) is 4.79 Å². The summed E-state index contributed by atoms with van der Waals surface area (Å²) in [4.78, 5) is 11.6. The Bertz CT molecular complexity index is 186. The Kier molecular flexibility index (Phi) is 13.7. The monoisotopic (exact) mass is 264 g/mol. The van der Waals surface area contributed by atoms with Crippen molar-refractivity contribution in [1.29, 1.82) is 0 Å². The smallest absolute Gasteiger partial charge is 0.220 e. The molecule has 104 valence electrons. The molecule has 2 atom stereocenters. The van der Waals surface area contributed by atoms with Gasteiger partial charge in [0, 0.05) is 19.0 Å². The van der Waals surface area contributed by atoms with E-state index in [9.17, 15) is 4.79 Å². The molecular formula is C13H29ClN2O. The summed E-state index contributed by atoms with van der Waals surface area (Å²) in [6, 6.07) is 0.169. The van der Waals surface area contributed by atoms with Crippen molar-refractivity contribution >= 4 is 18.3 Å². The molecule has 0 spiro atoms. The van der Waals surface area contributed by atoms with Crippen LogP contribution in [0.2, 0.25) is 0 Å². The van der Waals surface area contributed by atoms with E-state index in [1.54, 1.807) is 0 Å². The Hall–Kier alpha value is -0.280. The van der Waals surface area contributed by atoms with Gasteiger partial charge >= 0.3 is 0 Å². The summed E-state index contributed by atoms with van der Waals surface area (Å²) in [5.74, 6) is 0.735. The minimum Gasteiger partial charge on any atom is -0.356 e. The fourth-order valence-corrected chi connectivity index (χ4v) is 1.72. The molecule has 0 aromatic heterocycles. The highest BCUT2D eigenvalue weighted by atomic mass is 35.5. The van der Waals surface area contributed by atoms with E-state index in [4.69, 9.17) is 5.73 Å². The predicted octanol–water partition coefficient (Wildman–Crippen LogP) is 2.87. The number of halogens is 1. The van der Waals surface area contributed by atoms with Crippen molar-refractivity contribution in [3.63, 3.8) is 0 Å². The minimum absolute atomic E-state index is 0. The van der Waals surface area contributed by atoms with Gasteiger partial charge in [-0.2, -0.15) is 0 Å². The average Bonchev–Trinajstić information content (AvgIpc) is 2.23. The summed E-state index contributed by atoms with van der Waals surface area (Å²) in [5, 5.41) is 2.94. The summed E-state index contributed by atoms with van der Waals surface area (Å²) in [7, 11) is 0. The summed E-state index contributed by atoms with van der Waals surface area (Å²) < 4.78 is 0. The highest BCUT2D eigenvalue weighted by molar-refractivity contribution is 5.85. The molecule has 0 aliphatic rings. The largest absolute Gasteiger partial charge is 0.356 e.